The molecule has 1 amide bonds. The fourth-order valence-electron chi connectivity index (χ4n) is 4.15. The van der Waals surface area contributed by atoms with Gasteiger partial charge in [-0.2, -0.15) is 18.3 Å². The maximum Gasteiger partial charge on any atom is 0.417 e. The number of benzene rings is 1. The Morgan fingerprint density at radius 3 is 2.75 bits per heavy atom. The first kappa shape index (κ1) is 21.9. The highest BCUT2D eigenvalue weighted by Crippen LogP contribution is 2.38. The second-order valence-corrected chi connectivity index (χ2v) is 7.96. The molecular weight excluding hydrogens is 423 g/mol. The average Bonchev–Trinajstić information content (AvgIpc) is 3.17. The van der Waals surface area contributed by atoms with Crippen molar-refractivity contribution in [2.24, 2.45) is 0 Å². The van der Waals surface area contributed by atoms with Crippen molar-refractivity contribution in [2.75, 3.05) is 25.9 Å². The fourth-order valence-corrected chi connectivity index (χ4v) is 4.15. The molecule has 1 atom stereocenters. The average molecular weight is 447 g/mol. The smallest absolute Gasteiger partial charge is 0.417 e. The van der Waals surface area contributed by atoms with Crippen molar-refractivity contribution in [1.82, 2.24) is 20.1 Å². The van der Waals surface area contributed by atoms with E-state index in [4.69, 9.17) is 10.5 Å². The van der Waals surface area contributed by atoms with Gasteiger partial charge in [0.25, 0.3) is 0 Å². The number of aromatic nitrogens is 3. The second-order valence-electron chi connectivity index (χ2n) is 7.96. The summed E-state index contributed by atoms with van der Waals surface area (Å²) in [6, 6.07) is 8.57. The number of ether oxygens (including phenoxy) is 1. The number of nitrogens with two attached hydrogens (primary N) is 1. The number of alkyl halides is 3. The van der Waals surface area contributed by atoms with Gasteiger partial charge in [-0.3, -0.25) is 9.89 Å². The molecule has 7 nitrogen and oxygen atoms in total. The number of likely N-dealkylation sites (tertiary alicyclic amines) is 1. The zero-order valence-electron chi connectivity index (χ0n) is 17.6. The third-order valence-electron chi connectivity index (χ3n) is 5.86. The minimum Gasteiger partial charge on any atom is -0.497 e. The Morgan fingerprint density at radius 1 is 1.31 bits per heavy atom. The molecule has 3 aromatic rings. The predicted octanol–water partition coefficient (Wildman–Crippen LogP) is 3.91. The first-order valence-corrected chi connectivity index (χ1v) is 10.4. The first-order valence-electron chi connectivity index (χ1n) is 10.4. The van der Waals surface area contributed by atoms with Gasteiger partial charge >= 0.3 is 6.18 Å². The molecule has 0 bridgehead atoms. The SMILES string of the molecule is COc1ccc(CCC(=O)N2CCC[C@H](c3cc(C(F)(F)F)c4c(N)[nH]nc4n3)C2)cc1. The van der Waals surface area contributed by atoms with Crippen LogP contribution in [0.15, 0.2) is 30.3 Å². The number of hydrogen-bond acceptors (Lipinski definition) is 5. The van der Waals surface area contributed by atoms with E-state index < -0.39 is 11.7 Å². The lowest BCUT2D eigenvalue weighted by atomic mass is 9.92. The molecule has 10 heteroatoms. The summed E-state index contributed by atoms with van der Waals surface area (Å²) in [5, 5.41) is 5.99. The molecule has 0 spiro atoms. The Bertz CT molecular complexity index is 1110. The van der Waals surface area contributed by atoms with E-state index in [1.165, 1.54) is 0 Å². The van der Waals surface area contributed by atoms with Gasteiger partial charge in [0.05, 0.1) is 18.1 Å². The molecule has 0 unspecified atom stereocenters. The summed E-state index contributed by atoms with van der Waals surface area (Å²) in [7, 11) is 1.59. The normalized spacial score (nSPS) is 17.0. The second kappa shape index (κ2) is 8.68. The van der Waals surface area contributed by atoms with E-state index in [1.807, 2.05) is 24.3 Å². The topological polar surface area (TPSA) is 97.1 Å². The van der Waals surface area contributed by atoms with Crippen molar-refractivity contribution in [1.29, 1.82) is 0 Å². The largest absolute Gasteiger partial charge is 0.497 e. The molecular formula is C22H24F3N5O2. The van der Waals surface area contributed by atoms with E-state index in [0.717, 1.165) is 17.4 Å². The summed E-state index contributed by atoms with van der Waals surface area (Å²) in [6.07, 6.45) is -2.33. The van der Waals surface area contributed by atoms with Crippen LogP contribution >= 0.6 is 0 Å². The molecule has 3 heterocycles. The Balaban J connectivity index is 1.48. The number of pyridine rings is 1. The van der Waals surface area contributed by atoms with E-state index in [9.17, 15) is 18.0 Å². The number of piperidine rings is 1. The number of halogens is 3. The van der Waals surface area contributed by atoms with Crippen LogP contribution in [-0.4, -0.2) is 46.2 Å². The van der Waals surface area contributed by atoms with Crippen LogP contribution in [0.2, 0.25) is 0 Å². The zero-order chi connectivity index (χ0) is 22.9. The van der Waals surface area contributed by atoms with Crippen molar-refractivity contribution in [3.63, 3.8) is 0 Å². The molecule has 0 saturated carbocycles. The van der Waals surface area contributed by atoms with Crippen molar-refractivity contribution in [2.45, 2.75) is 37.8 Å². The predicted molar refractivity (Wildman–Crippen MR) is 113 cm³/mol. The Labute approximate surface area is 182 Å². The first-order chi connectivity index (χ1) is 15.3. The van der Waals surface area contributed by atoms with Gasteiger partial charge < -0.3 is 15.4 Å². The van der Waals surface area contributed by atoms with Gasteiger partial charge in [0.1, 0.15) is 11.6 Å². The van der Waals surface area contributed by atoms with Gasteiger partial charge in [-0.15, -0.1) is 0 Å². The van der Waals surface area contributed by atoms with Crippen LogP contribution in [0.4, 0.5) is 19.0 Å². The molecule has 1 saturated heterocycles. The van der Waals surface area contributed by atoms with Crippen LogP contribution in [0.1, 0.15) is 42.0 Å². The molecule has 170 valence electrons. The number of hydrogen-bond donors (Lipinski definition) is 2. The van der Waals surface area contributed by atoms with Crippen molar-refractivity contribution < 1.29 is 22.7 Å². The number of amides is 1. The Kier molecular flexibility index (Phi) is 5.94. The highest BCUT2D eigenvalue weighted by molar-refractivity contribution is 5.89. The number of H-pyrrole nitrogens is 1. The number of aryl methyl sites for hydroxylation is 1. The molecule has 1 aliphatic rings. The van der Waals surface area contributed by atoms with Gasteiger partial charge in [-0.05, 0) is 43.0 Å². The van der Waals surface area contributed by atoms with Crippen LogP contribution in [0.3, 0.4) is 0 Å². The highest BCUT2D eigenvalue weighted by atomic mass is 19.4. The van der Waals surface area contributed by atoms with Crippen LogP contribution in [0, 0.1) is 0 Å². The molecule has 1 fully saturated rings. The summed E-state index contributed by atoms with van der Waals surface area (Å²) in [6.45, 7) is 0.916. The van der Waals surface area contributed by atoms with E-state index in [1.54, 1.807) is 12.0 Å². The third-order valence-corrected chi connectivity index (χ3v) is 5.86. The molecule has 0 aliphatic carbocycles. The van der Waals surface area contributed by atoms with Crippen LogP contribution in [-0.2, 0) is 17.4 Å². The van der Waals surface area contributed by atoms with Gasteiger partial charge in [0.15, 0.2) is 5.65 Å². The van der Waals surface area contributed by atoms with Gasteiger partial charge in [0, 0.05) is 31.1 Å². The quantitative estimate of drug-likeness (QED) is 0.618. The maximum atomic E-state index is 13.6. The number of rotatable bonds is 5. The highest BCUT2D eigenvalue weighted by Gasteiger charge is 2.36. The number of fused-ring (bicyclic) bond motifs is 1. The Morgan fingerprint density at radius 2 is 2.06 bits per heavy atom. The molecule has 32 heavy (non-hydrogen) atoms. The lowest BCUT2D eigenvalue weighted by Crippen LogP contribution is -2.39. The molecule has 2 aromatic heterocycles. The zero-order valence-corrected chi connectivity index (χ0v) is 17.6. The third kappa shape index (κ3) is 4.49. The summed E-state index contributed by atoms with van der Waals surface area (Å²) in [5.41, 5.74) is 6.03. The monoisotopic (exact) mass is 447 g/mol. The minimum absolute atomic E-state index is 0.0216. The van der Waals surface area contributed by atoms with Gasteiger partial charge in [-0.25, -0.2) is 4.98 Å². The van der Waals surface area contributed by atoms with E-state index >= 15 is 0 Å². The van der Waals surface area contributed by atoms with Crippen molar-refractivity contribution >= 4 is 22.8 Å². The number of carbonyl (C=O) groups excluding carboxylic acids is 1. The molecule has 0 radical (unpaired) electrons. The van der Waals surface area contributed by atoms with Gasteiger partial charge in [-0.1, -0.05) is 12.1 Å². The van der Waals surface area contributed by atoms with E-state index in [0.29, 0.717) is 38.8 Å². The number of aromatic amines is 1. The summed E-state index contributed by atoms with van der Waals surface area (Å²) >= 11 is 0. The molecule has 3 N–H and O–H groups in total. The Hall–Kier alpha value is -3.30. The number of methoxy groups -OCH3 is 1. The van der Waals surface area contributed by atoms with Gasteiger partial charge in [0.2, 0.25) is 5.91 Å². The lowest BCUT2D eigenvalue weighted by Gasteiger charge is -2.33. The number of anilines is 1. The molecule has 1 aliphatic heterocycles. The summed E-state index contributed by atoms with van der Waals surface area (Å²) < 4.78 is 46.1. The van der Waals surface area contributed by atoms with E-state index in [2.05, 4.69) is 15.2 Å². The molecule has 1 aromatic carbocycles. The van der Waals surface area contributed by atoms with Crippen molar-refractivity contribution in [3.8, 4) is 5.75 Å². The molecule has 4 rings (SSSR count). The summed E-state index contributed by atoms with van der Waals surface area (Å²) in [4.78, 5) is 18.8. The summed E-state index contributed by atoms with van der Waals surface area (Å²) in [5.74, 6) is 0.273. The van der Waals surface area contributed by atoms with E-state index in [-0.39, 0.29) is 34.4 Å². The fraction of sp³-hybridized carbons (Fsp3) is 0.409. The number of nitrogen functional groups attached to an aromatic ring is 1. The van der Waals surface area contributed by atoms with Crippen LogP contribution in [0.5, 0.6) is 5.75 Å². The number of nitrogens with zero attached hydrogens (tertiary/aromatic N) is 3. The van der Waals surface area contributed by atoms with Crippen LogP contribution in [0.25, 0.3) is 11.0 Å². The number of nitrogens with one attached hydrogen (secondary N) is 1. The lowest BCUT2D eigenvalue weighted by molar-refractivity contribution is -0.136. The number of carbonyl (C=O) groups is 1. The minimum atomic E-state index is -4.59. The standard InChI is InChI=1S/C22H24F3N5O2/c1-32-15-7-4-13(5-8-15)6-9-18(31)30-10-2-3-14(12-30)17-11-16(22(23,24)25)19-20(26)28-29-21(19)27-17/h4-5,7-8,11,14H,2-3,6,9-10,12H2,1H3,(H3,26,27,28,29)/t14-/m0/s1. The van der Waals surface area contributed by atoms with Crippen molar-refractivity contribution in [3.05, 3.63) is 47.2 Å². The maximum absolute atomic E-state index is 13.6. The van der Waals surface area contributed by atoms with Crippen LogP contribution < -0.4 is 10.5 Å².